The van der Waals surface area contributed by atoms with Gasteiger partial charge in [0.05, 0.1) is 21.1 Å². The zero-order valence-corrected chi connectivity index (χ0v) is 19.4. The molecule has 1 aliphatic heterocycles. The highest BCUT2D eigenvalue weighted by atomic mass is 79.9. The average molecular weight is 511 g/mol. The first-order valence-corrected chi connectivity index (χ1v) is 10.5. The highest BCUT2D eigenvalue weighted by molar-refractivity contribution is 9.10. The number of rotatable bonds is 7. The maximum Gasteiger partial charge on any atom is 0.363 e. The van der Waals surface area contributed by atoms with Crippen LogP contribution in [0.15, 0.2) is 57.6 Å². The molecule has 2 aromatic carbocycles. The summed E-state index contributed by atoms with van der Waals surface area (Å²) >= 11 is 15.5. The van der Waals surface area contributed by atoms with Gasteiger partial charge in [-0.3, -0.25) is 0 Å². The van der Waals surface area contributed by atoms with Crippen LogP contribution in [-0.4, -0.2) is 25.1 Å². The Morgan fingerprint density at radius 2 is 2.00 bits per heavy atom. The Morgan fingerprint density at radius 3 is 2.67 bits per heavy atom. The normalized spacial score (nSPS) is 14.5. The Labute approximate surface area is 193 Å². The molecule has 5 nitrogen and oxygen atoms in total. The largest absolute Gasteiger partial charge is 0.490 e. The van der Waals surface area contributed by atoms with E-state index in [-0.39, 0.29) is 11.6 Å². The van der Waals surface area contributed by atoms with E-state index in [0.717, 1.165) is 5.57 Å². The number of hydrogen-bond acceptors (Lipinski definition) is 5. The van der Waals surface area contributed by atoms with Crippen LogP contribution >= 0.6 is 39.1 Å². The van der Waals surface area contributed by atoms with Crippen LogP contribution in [0.4, 0.5) is 0 Å². The molecule has 0 radical (unpaired) electrons. The Kier molecular flexibility index (Phi) is 7.23. The Hall–Kier alpha value is -2.28. The molecule has 0 atom stereocenters. The number of aliphatic imine (C=N–C) groups is 1. The summed E-state index contributed by atoms with van der Waals surface area (Å²) < 4.78 is 17.5. The van der Waals surface area contributed by atoms with Crippen LogP contribution < -0.4 is 9.47 Å². The number of nitrogens with zero attached hydrogens (tertiary/aromatic N) is 1. The zero-order valence-electron chi connectivity index (χ0n) is 16.3. The summed E-state index contributed by atoms with van der Waals surface area (Å²) in [5.41, 5.74) is 2.29. The molecule has 0 bridgehead atoms. The van der Waals surface area contributed by atoms with Gasteiger partial charge in [0.1, 0.15) is 6.61 Å². The SMILES string of the molecule is C=C(C)COc1c(Br)cc(/C=C2\N=C(c3ccc(Cl)c(Cl)c3)OC2=O)cc1OCC. The van der Waals surface area contributed by atoms with E-state index in [4.69, 9.17) is 37.4 Å². The molecule has 30 heavy (non-hydrogen) atoms. The monoisotopic (exact) mass is 509 g/mol. The predicted octanol–water partition coefficient (Wildman–Crippen LogP) is 6.45. The van der Waals surface area contributed by atoms with E-state index in [2.05, 4.69) is 27.5 Å². The molecule has 0 aromatic heterocycles. The molecular formula is C22H18BrCl2NO4. The van der Waals surface area contributed by atoms with Gasteiger partial charge in [-0.15, -0.1) is 0 Å². The number of halogens is 3. The topological polar surface area (TPSA) is 57.1 Å². The Morgan fingerprint density at radius 1 is 1.23 bits per heavy atom. The van der Waals surface area contributed by atoms with Gasteiger partial charge in [0, 0.05) is 5.56 Å². The lowest BCUT2D eigenvalue weighted by molar-refractivity contribution is -0.129. The minimum absolute atomic E-state index is 0.154. The molecule has 0 fully saturated rings. The van der Waals surface area contributed by atoms with Crippen molar-refractivity contribution in [2.45, 2.75) is 13.8 Å². The molecule has 1 aliphatic rings. The zero-order chi connectivity index (χ0) is 21.8. The van der Waals surface area contributed by atoms with E-state index in [1.54, 1.807) is 30.3 Å². The summed E-state index contributed by atoms with van der Waals surface area (Å²) in [6.07, 6.45) is 1.61. The van der Waals surface area contributed by atoms with Gasteiger partial charge in [-0.05, 0) is 77.3 Å². The highest BCUT2D eigenvalue weighted by Gasteiger charge is 2.25. The van der Waals surface area contributed by atoms with Crippen LogP contribution in [0.5, 0.6) is 11.5 Å². The fourth-order valence-electron chi connectivity index (χ4n) is 2.59. The minimum Gasteiger partial charge on any atom is -0.490 e. The maximum absolute atomic E-state index is 12.3. The molecule has 2 aromatic rings. The third-order valence-electron chi connectivity index (χ3n) is 3.89. The molecule has 1 heterocycles. The lowest BCUT2D eigenvalue weighted by atomic mass is 10.1. The number of cyclic esters (lactones) is 1. The first-order chi connectivity index (χ1) is 14.3. The van der Waals surface area contributed by atoms with Crippen molar-refractivity contribution in [2.75, 3.05) is 13.2 Å². The van der Waals surface area contributed by atoms with E-state index in [1.165, 1.54) is 0 Å². The van der Waals surface area contributed by atoms with Crippen molar-refractivity contribution in [1.82, 2.24) is 0 Å². The Bertz CT molecular complexity index is 1080. The van der Waals surface area contributed by atoms with Crippen molar-refractivity contribution >= 4 is 57.1 Å². The van der Waals surface area contributed by atoms with Gasteiger partial charge in [-0.2, -0.15) is 0 Å². The van der Waals surface area contributed by atoms with Gasteiger partial charge in [0.2, 0.25) is 5.90 Å². The highest BCUT2D eigenvalue weighted by Crippen LogP contribution is 2.38. The maximum atomic E-state index is 12.3. The van der Waals surface area contributed by atoms with Crippen LogP contribution in [0, 0.1) is 0 Å². The van der Waals surface area contributed by atoms with Crippen molar-refractivity contribution in [3.8, 4) is 11.5 Å². The molecular weight excluding hydrogens is 493 g/mol. The smallest absolute Gasteiger partial charge is 0.363 e. The van der Waals surface area contributed by atoms with Gasteiger partial charge in [0.15, 0.2) is 17.2 Å². The van der Waals surface area contributed by atoms with Crippen LogP contribution in [0.1, 0.15) is 25.0 Å². The van der Waals surface area contributed by atoms with Crippen molar-refractivity contribution in [3.63, 3.8) is 0 Å². The van der Waals surface area contributed by atoms with Gasteiger partial charge in [-0.25, -0.2) is 9.79 Å². The molecule has 3 rings (SSSR count). The number of esters is 1. The van der Waals surface area contributed by atoms with Gasteiger partial charge < -0.3 is 14.2 Å². The summed E-state index contributed by atoms with van der Waals surface area (Å²) in [6.45, 7) is 8.42. The molecule has 156 valence electrons. The summed E-state index contributed by atoms with van der Waals surface area (Å²) in [7, 11) is 0. The van der Waals surface area contributed by atoms with Crippen LogP contribution in [0.2, 0.25) is 10.0 Å². The second-order valence-corrected chi connectivity index (χ2v) is 8.14. The lowest BCUT2D eigenvalue weighted by Gasteiger charge is -2.14. The minimum atomic E-state index is -0.562. The van der Waals surface area contributed by atoms with E-state index in [9.17, 15) is 4.79 Å². The second-order valence-electron chi connectivity index (χ2n) is 6.47. The summed E-state index contributed by atoms with van der Waals surface area (Å²) in [5, 5.41) is 0.754. The van der Waals surface area contributed by atoms with Gasteiger partial charge in [-0.1, -0.05) is 29.8 Å². The van der Waals surface area contributed by atoms with E-state index < -0.39 is 5.97 Å². The molecule has 0 aliphatic carbocycles. The van der Waals surface area contributed by atoms with Crippen molar-refractivity contribution < 1.29 is 19.0 Å². The number of ether oxygens (including phenoxy) is 3. The molecule has 0 spiro atoms. The average Bonchev–Trinajstić information content (AvgIpc) is 3.04. The van der Waals surface area contributed by atoms with E-state index in [1.807, 2.05) is 19.9 Å². The standard InChI is InChI=1S/C22H18BrCl2NO4/c1-4-28-19-9-13(7-15(23)20(19)29-11-12(2)3)8-18-22(27)30-21(26-18)14-5-6-16(24)17(25)10-14/h5-10H,2,4,11H2,1,3H3/b18-8-. The fourth-order valence-corrected chi connectivity index (χ4v) is 3.46. The van der Waals surface area contributed by atoms with Crippen LogP contribution in [0.25, 0.3) is 6.08 Å². The summed E-state index contributed by atoms with van der Waals surface area (Å²) in [6, 6.07) is 8.47. The van der Waals surface area contributed by atoms with Crippen molar-refractivity contribution in [3.05, 3.63) is 73.8 Å². The third-order valence-corrected chi connectivity index (χ3v) is 5.21. The first kappa shape index (κ1) is 22.4. The molecule has 0 unspecified atom stereocenters. The third kappa shape index (κ3) is 5.25. The molecule has 0 amide bonds. The summed E-state index contributed by atoms with van der Waals surface area (Å²) in [5.74, 6) is 0.708. The predicted molar refractivity (Wildman–Crippen MR) is 123 cm³/mol. The van der Waals surface area contributed by atoms with Crippen LogP contribution in [0.3, 0.4) is 0 Å². The quantitative estimate of drug-likeness (QED) is 0.244. The van der Waals surface area contributed by atoms with Gasteiger partial charge in [0.25, 0.3) is 0 Å². The van der Waals surface area contributed by atoms with Crippen molar-refractivity contribution in [1.29, 1.82) is 0 Å². The second kappa shape index (κ2) is 9.69. The Balaban J connectivity index is 1.94. The summed E-state index contributed by atoms with van der Waals surface area (Å²) in [4.78, 5) is 16.6. The van der Waals surface area contributed by atoms with E-state index >= 15 is 0 Å². The molecule has 0 saturated carbocycles. The lowest BCUT2D eigenvalue weighted by Crippen LogP contribution is -2.05. The molecule has 8 heteroatoms. The van der Waals surface area contributed by atoms with Gasteiger partial charge >= 0.3 is 5.97 Å². The fraction of sp³-hybridized carbons (Fsp3) is 0.182. The van der Waals surface area contributed by atoms with Crippen LogP contribution in [-0.2, 0) is 9.53 Å². The number of benzene rings is 2. The number of carbonyl (C=O) groups excluding carboxylic acids is 1. The number of carbonyl (C=O) groups is 1. The van der Waals surface area contributed by atoms with E-state index in [0.29, 0.717) is 50.4 Å². The molecule has 0 saturated heterocycles. The van der Waals surface area contributed by atoms with Crippen molar-refractivity contribution in [2.24, 2.45) is 4.99 Å². The first-order valence-electron chi connectivity index (χ1n) is 9.00. The molecule has 0 N–H and O–H groups in total. The number of hydrogen-bond donors (Lipinski definition) is 0.